The molecule has 1 saturated heterocycles. The van der Waals surface area contributed by atoms with Gasteiger partial charge >= 0.3 is 0 Å². The van der Waals surface area contributed by atoms with E-state index in [-0.39, 0.29) is 17.6 Å². The number of rotatable bonds is 3. The average molecular weight is 427 g/mol. The number of hydrogen-bond acceptors (Lipinski definition) is 6. The quantitative estimate of drug-likeness (QED) is 0.744. The SMILES string of the molecule is CN(Cc1ccc2c(c1)OCO2)C(=O)[C@@H]1CCCN1C1=NS(=O)(=O)c2ccccc21. The lowest BCUT2D eigenvalue weighted by molar-refractivity contribution is -0.134. The van der Waals surface area contributed by atoms with Gasteiger partial charge in [0, 0.05) is 25.7 Å². The Hall–Kier alpha value is -3.07. The van der Waals surface area contributed by atoms with Crippen LogP contribution in [0.5, 0.6) is 11.5 Å². The third-order valence-corrected chi connectivity index (χ3v) is 6.98. The van der Waals surface area contributed by atoms with E-state index < -0.39 is 16.1 Å². The molecule has 0 aromatic heterocycles. The molecule has 2 aromatic rings. The number of carbonyl (C=O) groups is 1. The Bertz CT molecular complexity index is 1160. The number of ether oxygens (including phenoxy) is 2. The molecule has 1 amide bonds. The third-order valence-electron chi connectivity index (χ3n) is 5.66. The minimum atomic E-state index is -3.72. The normalized spacial score (nSPS) is 20.8. The van der Waals surface area contributed by atoms with E-state index in [0.29, 0.717) is 42.4 Å². The lowest BCUT2D eigenvalue weighted by Crippen LogP contribution is -2.46. The topological polar surface area (TPSA) is 88.5 Å². The minimum Gasteiger partial charge on any atom is -0.454 e. The summed E-state index contributed by atoms with van der Waals surface area (Å²) >= 11 is 0. The number of benzene rings is 2. The highest BCUT2D eigenvalue weighted by Crippen LogP contribution is 2.34. The number of amides is 1. The highest BCUT2D eigenvalue weighted by atomic mass is 32.2. The number of amidine groups is 1. The molecule has 0 N–H and O–H groups in total. The van der Waals surface area contributed by atoms with E-state index in [9.17, 15) is 13.2 Å². The van der Waals surface area contributed by atoms with Gasteiger partial charge in [-0.15, -0.1) is 4.40 Å². The number of hydrogen-bond donors (Lipinski definition) is 0. The van der Waals surface area contributed by atoms with E-state index in [1.165, 1.54) is 0 Å². The van der Waals surface area contributed by atoms with Gasteiger partial charge in [-0.1, -0.05) is 18.2 Å². The Balaban J connectivity index is 1.37. The lowest BCUT2D eigenvalue weighted by Gasteiger charge is -2.29. The summed E-state index contributed by atoms with van der Waals surface area (Å²) in [6, 6.07) is 12.0. The first-order valence-electron chi connectivity index (χ1n) is 9.78. The molecule has 1 fully saturated rings. The van der Waals surface area contributed by atoms with E-state index in [2.05, 4.69) is 4.40 Å². The summed E-state index contributed by atoms with van der Waals surface area (Å²) in [4.78, 5) is 16.9. The molecule has 3 aliphatic heterocycles. The standard InChI is InChI=1S/C21H21N3O5S/c1-23(12-14-8-9-17-18(11-14)29-13-28-17)21(25)16-6-4-10-24(16)20-15-5-2-3-7-19(15)30(26,27)22-20/h2-3,5,7-9,11,16H,4,6,10,12-13H2,1H3/t16-/m0/s1. The van der Waals surface area contributed by atoms with Crippen molar-refractivity contribution in [2.75, 3.05) is 20.4 Å². The van der Waals surface area contributed by atoms with Crippen LogP contribution in [0.2, 0.25) is 0 Å². The van der Waals surface area contributed by atoms with E-state index in [1.54, 1.807) is 36.2 Å². The number of sulfonamides is 1. The molecule has 156 valence electrons. The van der Waals surface area contributed by atoms with Gasteiger partial charge in [0.25, 0.3) is 10.0 Å². The van der Waals surface area contributed by atoms with Gasteiger partial charge in [0.15, 0.2) is 17.3 Å². The van der Waals surface area contributed by atoms with Crippen LogP contribution >= 0.6 is 0 Å². The van der Waals surface area contributed by atoms with Crippen LogP contribution in [0, 0.1) is 0 Å². The van der Waals surface area contributed by atoms with Gasteiger partial charge in [0.1, 0.15) is 10.9 Å². The van der Waals surface area contributed by atoms with Gasteiger partial charge in [-0.3, -0.25) is 4.79 Å². The van der Waals surface area contributed by atoms with Crippen LogP contribution in [0.25, 0.3) is 0 Å². The van der Waals surface area contributed by atoms with Gasteiger partial charge in [-0.2, -0.15) is 8.42 Å². The summed E-state index contributed by atoms with van der Waals surface area (Å²) in [6.45, 7) is 1.22. The zero-order valence-electron chi connectivity index (χ0n) is 16.4. The summed E-state index contributed by atoms with van der Waals surface area (Å²) in [5.74, 6) is 1.69. The van der Waals surface area contributed by atoms with Crippen molar-refractivity contribution in [3.05, 3.63) is 53.6 Å². The third kappa shape index (κ3) is 3.09. The van der Waals surface area contributed by atoms with Crippen molar-refractivity contribution in [3.8, 4) is 11.5 Å². The van der Waals surface area contributed by atoms with Crippen LogP contribution in [0.3, 0.4) is 0 Å². The molecule has 0 aliphatic carbocycles. The molecular formula is C21H21N3O5S. The Morgan fingerprint density at radius 3 is 2.87 bits per heavy atom. The van der Waals surface area contributed by atoms with Crippen LogP contribution in [0.15, 0.2) is 51.8 Å². The smallest absolute Gasteiger partial charge is 0.285 e. The van der Waals surface area contributed by atoms with E-state index in [0.717, 1.165) is 12.0 Å². The van der Waals surface area contributed by atoms with Crippen molar-refractivity contribution in [3.63, 3.8) is 0 Å². The van der Waals surface area contributed by atoms with Crippen molar-refractivity contribution in [2.45, 2.75) is 30.3 Å². The zero-order chi connectivity index (χ0) is 20.9. The predicted molar refractivity (Wildman–Crippen MR) is 109 cm³/mol. The second-order valence-corrected chi connectivity index (χ2v) is 9.19. The highest BCUT2D eigenvalue weighted by Gasteiger charge is 2.40. The molecule has 5 rings (SSSR count). The number of fused-ring (bicyclic) bond motifs is 2. The molecule has 0 saturated carbocycles. The highest BCUT2D eigenvalue weighted by molar-refractivity contribution is 7.90. The summed E-state index contributed by atoms with van der Waals surface area (Å²) in [5, 5.41) is 0. The maximum Gasteiger partial charge on any atom is 0.285 e. The molecule has 30 heavy (non-hydrogen) atoms. The Morgan fingerprint density at radius 1 is 1.20 bits per heavy atom. The lowest BCUT2D eigenvalue weighted by atomic mass is 10.1. The molecule has 0 radical (unpaired) electrons. The maximum absolute atomic E-state index is 13.2. The van der Waals surface area contributed by atoms with Crippen molar-refractivity contribution in [2.24, 2.45) is 4.40 Å². The van der Waals surface area contributed by atoms with Crippen LogP contribution in [-0.4, -0.2) is 56.4 Å². The van der Waals surface area contributed by atoms with Crippen LogP contribution < -0.4 is 9.47 Å². The largest absolute Gasteiger partial charge is 0.454 e. The summed E-state index contributed by atoms with van der Waals surface area (Å²) in [6.07, 6.45) is 1.46. The van der Waals surface area contributed by atoms with Crippen molar-refractivity contribution < 1.29 is 22.7 Å². The Kier molecular flexibility index (Phi) is 4.43. The first kappa shape index (κ1) is 18.9. The Labute approximate surface area is 174 Å². The van der Waals surface area contributed by atoms with Gasteiger partial charge in [-0.25, -0.2) is 0 Å². The second-order valence-electron chi connectivity index (χ2n) is 7.62. The van der Waals surface area contributed by atoms with Crippen molar-refractivity contribution >= 4 is 21.8 Å². The van der Waals surface area contributed by atoms with E-state index in [4.69, 9.17) is 9.47 Å². The number of likely N-dealkylation sites (tertiary alicyclic amines) is 1. The molecular weight excluding hydrogens is 406 g/mol. The van der Waals surface area contributed by atoms with Crippen LogP contribution in [0.4, 0.5) is 0 Å². The first-order valence-corrected chi connectivity index (χ1v) is 11.2. The fourth-order valence-corrected chi connectivity index (χ4v) is 5.44. The summed E-state index contributed by atoms with van der Waals surface area (Å²) in [5.41, 5.74) is 1.50. The predicted octanol–water partition coefficient (Wildman–Crippen LogP) is 1.99. The van der Waals surface area contributed by atoms with Gasteiger partial charge < -0.3 is 19.3 Å². The molecule has 0 spiro atoms. The van der Waals surface area contributed by atoms with Crippen molar-refractivity contribution in [1.82, 2.24) is 9.80 Å². The van der Waals surface area contributed by atoms with Gasteiger partial charge in [-0.05, 0) is 42.7 Å². The first-order chi connectivity index (χ1) is 14.4. The molecule has 1 atom stereocenters. The number of carbonyl (C=O) groups excluding carboxylic acids is 1. The van der Waals surface area contributed by atoms with Crippen LogP contribution in [-0.2, 0) is 21.4 Å². The molecule has 0 unspecified atom stereocenters. The summed E-state index contributed by atoms with van der Waals surface area (Å²) < 4.78 is 39.6. The fraction of sp³-hybridized carbons (Fsp3) is 0.333. The Morgan fingerprint density at radius 2 is 2.00 bits per heavy atom. The minimum absolute atomic E-state index is 0.0605. The van der Waals surface area contributed by atoms with Crippen molar-refractivity contribution in [1.29, 1.82) is 0 Å². The fourth-order valence-electron chi connectivity index (χ4n) is 4.22. The zero-order valence-corrected chi connectivity index (χ0v) is 17.3. The molecule has 3 heterocycles. The number of likely N-dealkylation sites (N-methyl/N-ethyl adjacent to an activating group) is 1. The molecule has 2 aromatic carbocycles. The molecule has 9 heteroatoms. The molecule has 3 aliphatic rings. The molecule has 8 nitrogen and oxygen atoms in total. The number of nitrogens with zero attached hydrogens (tertiary/aromatic N) is 3. The van der Waals surface area contributed by atoms with Gasteiger partial charge in [0.05, 0.1) is 0 Å². The van der Waals surface area contributed by atoms with E-state index >= 15 is 0 Å². The summed E-state index contributed by atoms with van der Waals surface area (Å²) in [7, 11) is -1.97. The maximum atomic E-state index is 13.2. The molecule has 0 bridgehead atoms. The van der Waals surface area contributed by atoms with E-state index in [1.807, 2.05) is 23.1 Å². The van der Waals surface area contributed by atoms with Crippen LogP contribution in [0.1, 0.15) is 24.0 Å². The average Bonchev–Trinajstić information content (AvgIpc) is 3.45. The van der Waals surface area contributed by atoms with Gasteiger partial charge in [0.2, 0.25) is 12.7 Å². The second kappa shape index (κ2) is 7.02. The monoisotopic (exact) mass is 427 g/mol.